The van der Waals surface area contributed by atoms with E-state index in [2.05, 4.69) is 11.8 Å². The van der Waals surface area contributed by atoms with E-state index in [1.165, 1.54) is 32.2 Å². The van der Waals surface area contributed by atoms with Crippen molar-refractivity contribution in [1.29, 1.82) is 0 Å². The number of hydrogen-bond donors (Lipinski definition) is 0. The molecule has 0 aromatic carbocycles. The van der Waals surface area contributed by atoms with Gasteiger partial charge in [-0.2, -0.15) is 0 Å². The second kappa shape index (κ2) is 4.28. The molecule has 1 saturated carbocycles. The molecular weight excluding hydrogens is 202 g/mol. The highest BCUT2D eigenvalue weighted by Crippen LogP contribution is 2.46. The van der Waals surface area contributed by atoms with Gasteiger partial charge in [-0.3, -0.25) is 4.90 Å². The number of hydrogen-bond acceptors (Lipinski definition) is 3. The minimum atomic E-state index is 0.0752. The summed E-state index contributed by atoms with van der Waals surface area (Å²) in [6.45, 7) is 6.48. The second-order valence-electron chi connectivity index (χ2n) is 5.71. The van der Waals surface area contributed by atoms with Gasteiger partial charge in [0, 0.05) is 25.0 Å². The molecule has 16 heavy (non-hydrogen) atoms. The third kappa shape index (κ3) is 1.79. The van der Waals surface area contributed by atoms with Crippen LogP contribution in [0, 0.1) is 5.92 Å². The molecule has 3 rings (SSSR count). The van der Waals surface area contributed by atoms with Crippen LogP contribution < -0.4 is 0 Å². The molecule has 0 N–H and O–H groups in total. The van der Waals surface area contributed by atoms with Crippen molar-refractivity contribution < 1.29 is 9.47 Å². The van der Waals surface area contributed by atoms with Gasteiger partial charge in [-0.25, -0.2) is 0 Å². The zero-order valence-electron chi connectivity index (χ0n) is 10.3. The van der Waals surface area contributed by atoms with Crippen molar-refractivity contribution >= 4 is 0 Å². The molecular formula is C13H23NO2. The summed E-state index contributed by atoms with van der Waals surface area (Å²) in [6.07, 6.45) is 6.82. The Balaban J connectivity index is 1.49. The zero-order valence-corrected chi connectivity index (χ0v) is 10.3. The van der Waals surface area contributed by atoms with Crippen LogP contribution >= 0.6 is 0 Å². The highest BCUT2D eigenvalue weighted by molar-refractivity contribution is 5.04. The van der Waals surface area contributed by atoms with Gasteiger partial charge < -0.3 is 9.47 Å². The van der Waals surface area contributed by atoms with Crippen LogP contribution in [-0.4, -0.2) is 43.0 Å². The fourth-order valence-corrected chi connectivity index (χ4v) is 3.64. The summed E-state index contributed by atoms with van der Waals surface area (Å²) >= 11 is 0. The van der Waals surface area contributed by atoms with Crippen LogP contribution in [-0.2, 0) is 9.47 Å². The van der Waals surface area contributed by atoms with Gasteiger partial charge in [-0.15, -0.1) is 0 Å². The summed E-state index contributed by atoms with van der Waals surface area (Å²) < 4.78 is 11.0. The van der Waals surface area contributed by atoms with Gasteiger partial charge in [0.1, 0.15) is 0 Å². The largest absolute Gasteiger partial charge is 0.350 e. The number of ether oxygens (including phenoxy) is 2. The third-order valence-corrected chi connectivity index (χ3v) is 4.85. The average molecular weight is 225 g/mol. The minimum Gasteiger partial charge on any atom is -0.350 e. The van der Waals surface area contributed by atoms with E-state index in [1.807, 2.05) is 0 Å². The Hall–Kier alpha value is -0.120. The molecule has 2 heterocycles. The molecule has 0 spiro atoms. The van der Waals surface area contributed by atoms with Crippen LogP contribution in [0.25, 0.3) is 0 Å². The summed E-state index contributed by atoms with van der Waals surface area (Å²) in [7, 11) is 0. The van der Waals surface area contributed by atoms with Gasteiger partial charge in [-0.1, -0.05) is 12.8 Å². The Bertz CT molecular complexity index is 252. The lowest BCUT2D eigenvalue weighted by Crippen LogP contribution is -2.66. The molecule has 0 aromatic heterocycles. The van der Waals surface area contributed by atoms with Crippen molar-refractivity contribution in [3.8, 4) is 0 Å². The molecule has 92 valence electrons. The lowest BCUT2D eigenvalue weighted by atomic mass is 9.66. The Morgan fingerprint density at radius 3 is 2.81 bits per heavy atom. The van der Waals surface area contributed by atoms with Crippen molar-refractivity contribution in [2.45, 2.75) is 50.9 Å². The predicted molar refractivity (Wildman–Crippen MR) is 62.2 cm³/mol. The van der Waals surface area contributed by atoms with E-state index in [9.17, 15) is 0 Å². The molecule has 3 heteroatoms. The Morgan fingerprint density at radius 1 is 1.25 bits per heavy atom. The van der Waals surface area contributed by atoms with Gasteiger partial charge in [0.15, 0.2) is 6.29 Å². The Morgan fingerprint density at radius 2 is 2.06 bits per heavy atom. The number of rotatable bonds is 3. The highest BCUT2D eigenvalue weighted by atomic mass is 16.7. The summed E-state index contributed by atoms with van der Waals surface area (Å²) in [5.74, 6) is 0.965. The van der Waals surface area contributed by atoms with Gasteiger partial charge in [0.25, 0.3) is 0 Å². The lowest BCUT2D eigenvalue weighted by Gasteiger charge is -2.60. The minimum absolute atomic E-state index is 0.0752. The topological polar surface area (TPSA) is 21.7 Å². The smallest absolute Gasteiger partial charge is 0.159 e. The van der Waals surface area contributed by atoms with E-state index in [0.717, 1.165) is 32.1 Å². The SMILES string of the molecule is C[C@]12CCCC[C@H]1CN2CCC1OCCO1. The molecule has 3 aliphatic rings. The van der Waals surface area contributed by atoms with E-state index in [4.69, 9.17) is 9.47 Å². The van der Waals surface area contributed by atoms with Gasteiger partial charge in [0.2, 0.25) is 0 Å². The van der Waals surface area contributed by atoms with E-state index < -0.39 is 0 Å². The Kier molecular flexibility index (Phi) is 2.94. The van der Waals surface area contributed by atoms with E-state index >= 15 is 0 Å². The fraction of sp³-hybridized carbons (Fsp3) is 1.00. The molecule has 0 radical (unpaired) electrons. The van der Waals surface area contributed by atoms with Crippen LogP contribution in [0.1, 0.15) is 39.0 Å². The summed E-state index contributed by atoms with van der Waals surface area (Å²) in [5.41, 5.74) is 0.511. The summed E-state index contributed by atoms with van der Waals surface area (Å²) in [5, 5.41) is 0. The fourth-order valence-electron chi connectivity index (χ4n) is 3.64. The van der Waals surface area contributed by atoms with Crippen molar-refractivity contribution in [2.24, 2.45) is 5.92 Å². The lowest BCUT2D eigenvalue weighted by molar-refractivity contribution is -0.115. The number of fused-ring (bicyclic) bond motifs is 1. The zero-order chi connectivity index (χ0) is 11.0. The number of nitrogens with zero attached hydrogens (tertiary/aromatic N) is 1. The molecule has 3 nitrogen and oxygen atoms in total. The van der Waals surface area contributed by atoms with Crippen LogP contribution in [0.2, 0.25) is 0 Å². The van der Waals surface area contributed by atoms with Gasteiger partial charge >= 0.3 is 0 Å². The van der Waals surface area contributed by atoms with Crippen molar-refractivity contribution in [3.63, 3.8) is 0 Å². The average Bonchev–Trinajstić information content (AvgIpc) is 2.77. The van der Waals surface area contributed by atoms with Crippen molar-refractivity contribution in [2.75, 3.05) is 26.3 Å². The summed E-state index contributed by atoms with van der Waals surface area (Å²) in [6, 6.07) is 0. The maximum atomic E-state index is 5.49. The van der Waals surface area contributed by atoms with Crippen molar-refractivity contribution in [1.82, 2.24) is 4.90 Å². The molecule has 1 aliphatic carbocycles. The first kappa shape index (κ1) is 11.0. The first-order valence-electron chi connectivity index (χ1n) is 6.77. The molecule has 3 fully saturated rings. The second-order valence-corrected chi connectivity index (χ2v) is 5.71. The Labute approximate surface area is 98.1 Å². The molecule has 0 aromatic rings. The van der Waals surface area contributed by atoms with Crippen LogP contribution in [0.4, 0.5) is 0 Å². The van der Waals surface area contributed by atoms with Crippen molar-refractivity contribution in [3.05, 3.63) is 0 Å². The quantitative estimate of drug-likeness (QED) is 0.733. The first-order chi connectivity index (χ1) is 7.79. The van der Waals surface area contributed by atoms with E-state index in [1.54, 1.807) is 0 Å². The molecule has 2 aliphatic heterocycles. The normalized spacial score (nSPS) is 40.7. The molecule has 0 unspecified atom stereocenters. The van der Waals surface area contributed by atoms with Crippen LogP contribution in [0.5, 0.6) is 0 Å². The van der Waals surface area contributed by atoms with E-state index in [-0.39, 0.29) is 6.29 Å². The maximum Gasteiger partial charge on any atom is 0.159 e. The number of likely N-dealkylation sites (tertiary alicyclic amines) is 1. The summed E-state index contributed by atoms with van der Waals surface area (Å²) in [4.78, 5) is 2.65. The van der Waals surface area contributed by atoms with Gasteiger partial charge in [-0.05, 0) is 25.7 Å². The van der Waals surface area contributed by atoms with Crippen LogP contribution in [0.3, 0.4) is 0 Å². The monoisotopic (exact) mass is 225 g/mol. The molecule has 0 amide bonds. The molecule has 0 bridgehead atoms. The van der Waals surface area contributed by atoms with E-state index in [0.29, 0.717) is 5.54 Å². The predicted octanol–water partition coefficient (Wildman–Crippen LogP) is 2.01. The first-order valence-corrected chi connectivity index (χ1v) is 6.77. The van der Waals surface area contributed by atoms with Gasteiger partial charge in [0.05, 0.1) is 13.2 Å². The highest BCUT2D eigenvalue weighted by Gasteiger charge is 2.49. The van der Waals surface area contributed by atoms with Crippen LogP contribution in [0.15, 0.2) is 0 Å². The molecule has 2 saturated heterocycles. The maximum absolute atomic E-state index is 5.49. The molecule has 2 atom stereocenters. The third-order valence-electron chi connectivity index (χ3n) is 4.85. The standard InChI is InChI=1S/C13H23NO2/c1-13-6-3-2-4-11(13)10-14(13)7-5-12-15-8-9-16-12/h11-12H,2-10H2,1H3/t11-,13-/m0/s1.